The molecule has 0 radical (unpaired) electrons. The fraction of sp³-hybridized carbons (Fsp3) is 0.278. The van der Waals surface area contributed by atoms with Crippen LogP contribution < -0.4 is 5.56 Å². The van der Waals surface area contributed by atoms with E-state index in [0.717, 1.165) is 5.56 Å². The largest absolute Gasteiger partial charge is 0.332 e. The van der Waals surface area contributed by atoms with Crippen molar-refractivity contribution in [1.29, 1.82) is 5.26 Å². The number of nitriles is 1. The number of hydrogen-bond donors (Lipinski definition) is 0. The Labute approximate surface area is 144 Å². The summed E-state index contributed by atoms with van der Waals surface area (Å²) in [6.07, 6.45) is 0. The van der Waals surface area contributed by atoms with Gasteiger partial charge in [0.25, 0.3) is 11.4 Å². The predicted molar refractivity (Wildman–Crippen MR) is 90.7 cm³/mol. The second-order valence-corrected chi connectivity index (χ2v) is 6.70. The van der Waals surface area contributed by atoms with Gasteiger partial charge in [0, 0.05) is 11.5 Å². The van der Waals surface area contributed by atoms with Gasteiger partial charge in [0.15, 0.2) is 5.82 Å². The van der Waals surface area contributed by atoms with E-state index in [1.807, 2.05) is 26.8 Å². The average molecular weight is 335 g/mol. The molecule has 2 heterocycles. The van der Waals surface area contributed by atoms with Crippen LogP contribution in [0.2, 0.25) is 0 Å². The SMILES string of the molecule is CC(C)(C)c1noc(-c2ccc(=O)n(Cc3cccc(C#N)c3)n2)n1. The van der Waals surface area contributed by atoms with Crippen molar-refractivity contribution < 1.29 is 4.52 Å². The van der Waals surface area contributed by atoms with Gasteiger partial charge in [-0.15, -0.1) is 0 Å². The van der Waals surface area contributed by atoms with E-state index in [0.29, 0.717) is 17.1 Å². The van der Waals surface area contributed by atoms with Crippen LogP contribution in [0.15, 0.2) is 45.7 Å². The lowest BCUT2D eigenvalue weighted by Crippen LogP contribution is -2.23. The Hall–Kier alpha value is -3.27. The highest BCUT2D eigenvalue weighted by molar-refractivity contribution is 5.45. The zero-order valence-electron chi connectivity index (χ0n) is 14.2. The van der Waals surface area contributed by atoms with Crippen molar-refractivity contribution in [2.75, 3.05) is 0 Å². The molecule has 126 valence electrons. The molecule has 2 aromatic heterocycles. The van der Waals surface area contributed by atoms with Gasteiger partial charge in [0.1, 0.15) is 5.69 Å². The zero-order chi connectivity index (χ0) is 18.0. The maximum Gasteiger partial charge on any atom is 0.278 e. The fourth-order valence-corrected chi connectivity index (χ4v) is 2.22. The molecule has 25 heavy (non-hydrogen) atoms. The number of aromatic nitrogens is 4. The Bertz CT molecular complexity index is 1010. The van der Waals surface area contributed by atoms with E-state index in [1.54, 1.807) is 24.3 Å². The van der Waals surface area contributed by atoms with E-state index in [1.165, 1.54) is 10.7 Å². The van der Waals surface area contributed by atoms with Gasteiger partial charge >= 0.3 is 0 Å². The van der Waals surface area contributed by atoms with Crippen LogP contribution in [-0.4, -0.2) is 19.9 Å². The zero-order valence-corrected chi connectivity index (χ0v) is 14.2. The molecular weight excluding hydrogens is 318 g/mol. The summed E-state index contributed by atoms with van der Waals surface area (Å²) >= 11 is 0. The van der Waals surface area contributed by atoms with Crippen LogP contribution in [0.5, 0.6) is 0 Å². The molecule has 0 aliphatic carbocycles. The number of hydrogen-bond acceptors (Lipinski definition) is 6. The van der Waals surface area contributed by atoms with Crippen molar-refractivity contribution in [1.82, 2.24) is 19.9 Å². The van der Waals surface area contributed by atoms with E-state index in [4.69, 9.17) is 9.78 Å². The van der Waals surface area contributed by atoms with Crippen LogP contribution in [0, 0.1) is 11.3 Å². The number of nitrogens with zero attached hydrogens (tertiary/aromatic N) is 5. The normalized spacial score (nSPS) is 11.3. The third-order valence-corrected chi connectivity index (χ3v) is 3.57. The summed E-state index contributed by atoms with van der Waals surface area (Å²) in [5.74, 6) is 0.841. The molecule has 1 aromatic carbocycles. The summed E-state index contributed by atoms with van der Waals surface area (Å²) in [6, 6.07) is 12.1. The van der Waals surface area contributed by atoms with Crippen molar-refractivity contribution in [3.05, 3.63) is 63.7 Å². The Kier molecular flexibility index (Phi) is 4.19. The number of rotatable bonds is 3. The molecule has 0 bridgehead atoms. The maximum absolute atomic E-state index is 12.1. The molecule has 7 nitrogen and oxygen atoms in total. The minimum absolute atomic E-state index is 0.242. The first-order chi connectivity index (χ1) is 11.9. The summed E-state index contributed by atoms with van der Waals surface area (Å²) in [4.78, 5) is 16.5. The first-order valence-corrected chi connectivity index (χ1v) is 7.78. The third-order valence-electron chi connectivity index (χ3n) is 3.57. The van der Waals surface area contributed by atoms with Crippen LogP contribution in [-0.2, 0) is 12.0 Å². The van der Waals surface area contributed by atoms with Crippen molar-refractivity contribution in [2.24, 2.45) is 0 Å². The van der Waals surface area contributed by atoms with E-state index in [2.05, 4.69) is 21.3 Å². The van der Waals surface area contributed by atoms with Gasteiger partial charge in [-0.2, -0.15) is 15.3 Å². The van der Waals surface area contributed by atoms with Crippen LogP contribution in [0.25, 0.3) is 11.6 Å². The molecule has 3 aromatic rings. The van der Waals surface area contributed by atoms with Crippen molar-refractivity contribution in [2.45, 2.75) is 32.7 Å². The van der Waals surface area contributed by atoms with Crippen LogP contribution in [0.4, 0.5) is 0 Å². The lowest BCUT2D eigenvalue weighted by atomic mass is 9.96. The van der Waals surface area contributed by atoms with Gasteiger partial charge in [-0.1, -0.05) is 38.1 Å². The molecule has 3 rings (SSSR count). The monoisotopic (exact) mass is 335 g/mol. The summed E-state index contributed by atoms with van der Waals surface area (Å²) in [5, 5.41) is 17.3. The molecule has 7 heteroatoms. The fourth-order valence-electron chi connectivity index (χ4n) is 2.22. The first-order valence-electron chi connectivity index (χ1n) is 7.78. The van der Waals surface area contributed by atoms with Crippen molar-refractivity contribution >= 4 is 0 Å². The van der Waals surface area contributed by atoms with Gasteiger partial charge in [-0.3, -0.25) is 4.79 Å². The summed E-state index contributed by atoms with van der Waals surface area (Å²) in [7, 11) is 0. The number of benzene rings is 1. The van der Waals surface area contributed by atoms with Crippen LogP contribution >= 0.6 is 0 Å². The van der Waals surface area contributed by atoms with Gasteiger partial charge in [0.2, 0.25) is 0 Å². The quantitative estimate of drug-likeness (QED) is 0.729. The Morgan fingerprint density at radius 2 is 2.04 bits per heavy atom. The van der Waals surface area contributed by atoms with Crippen molar-refractivity contribution in [3.63, 3.8) is 0 Å². The molecule has 0 unspecified atom stereocenters. The summed E-state index contributed by atoms with van der Waals surface area (Å²) in [6.45, 7) is 6.21. The molecule has 0 aliphatic heterocycles. The lowest BCUT2D eigenvalue weighted by molar-refractivity contribution is 0.400. The highest BCUT2D eigenvalue weighted by Gasteiger charge is 2.22. The van der Waals surface area contributed by atoms with E-state index in [-0.39, 0.29) is 23.4 Å². The van der Waals surface area contributed by atoms with Crippen molar-refractivity contribution in [3.8, 4) is 17.7 Å². The summed E-state index contributed by atoms with van der Waals surface area (Å²) < 4.78 is 6.59. The van der Waals surface area contributed by atoms with Crippen LogP contribution in [0.3, 0.4) is 0 Å². The lowest BCUT2D eigenvalue weighted by Gasteiger charge is -2.10. The average Bonchev–Trinajstić information content (AvgIpc) is 3.07. The maximum atomic E-state index is 12.1. The molecule has 0 spiro atoms. The highest BCUT2D eigenvalue weighted by Crippen LogP contribution is 2.22. The molecule has 0 amide bonds. The van der Waals surface area contributed by atoms with E-state index < -0.39 is 0 Å². The van der Waals surface area contributed by atoms with Gasteiger partial charge < -0.3 is 4.52 Å². The molecule has 0 atom stereocenters. The predicted octanol–water partition coefficient (Wildman–Crippen LogP) is 2.51. The van der Waals surface area contributed by atoms with Gasteiger partial charge in [0.05, 0.1) is 18.2 Å². The molecular formula is C18H17N5O2. The Morgan fingerprint density at radius 3 is 2.72 bits per heavy atom. The topological polar surface area (TPSA) is 97.6 Å². The highest BCUT2D eigenvalue weighted by atomic mass is 16.5. The molecule has 0 fully saturated rings. The smallest absolute Gasteiger partial charge is 0.278 e. The molecule has 0 aliphatic rings. The standard InChI is InChI=1S/C18H17N5O2/c1-18(2,3)17-20-16(25-22-17)14-7-8-15(24)23(21-14)11-13-6-4-5-12(9-13)10-19/h4-9H,11H2,1-3H3. The van der Waals surface area contributed by atoms with E-state index in [9.17, 15) is 4.79 Å². The van der Waals surface area contributed by atoms with Crippen LogP contribution in [0.1, 0.15) is 37.7 Å². The summed E-state index contributed by atoms with van der Waals surface area (Å²) in [5.41, 5.74) is 1.29. The first kappa shape index (κ1) is 16.6. The minimum Gasteiger partial charge on any atom is -0.332 e. The molecule has 0 N–H and O–H groups in total. The van der Waals surface area contributed by atoms with Gasteiger partial charge in [-0.25, -0.2) is 4.68 Å². The Balaban J connectivity index is 1.94. The Morgan fingerprint density at radius 1 is 1.24 bits per heavy atom. The molecule has 0 saturated carbocycles. The second-order valence-electron chi connectivity index (χ2n) is 6.70. The van der Waals surface area contributed by atoms with E-state index >= 15 is 0 Å². The minimum atomic E-state index is -0.248. The second kappa shape index (κ2) is 6.32. The third kappa shape index (κ3) is 3.63. The van der Waals surface area contributed by atoms with Gasteiger partial charge in [-0.05, 0) is 23.8 Å². The molecule has 0 saturated heterocycles.